The second-order valence-corrected chi connectivity index (χ2v) is 6.78. The Labute approximate surface area is 129 Å². The predicted molar refractivity (Wildman–Crippen MR) is 89.4 cm³/mol. The molecule has 0 saturated heterocycles. The Hall–Kier alpha value is -1.28. The van der Waals surface area contributed by atoms with Crippen LogP contribution in [0.2, 0.25) is 0 Å². The van der Waals surface area contributed by atoms with Crippen molar-refractivity contribution in [1.29, 1.82) is 0 Å². The van der Waals surface area contributed by atoms with Crippen molar-refractivity contribution in [3.8, 4) is 0 Å². The normalized spacial score (nSPS) is 21.4. The summed E-state index contributed by atoms with van der Waals surface area (Å²) in [7, 11) is 0. The topological polar surface area (TPSA) is 12.0 Å². The summed E-state index contributed by atoms with van der Waals surface area (Å²) in [5.41, 5.74) is 5.43. The number of nitrogens with one attached hydrogen (secondary N) is 1. The van der Waals surface area contributed by atoms with Crippen LogP contribution in [0.25, 0.3) is 0 Å². The zero-order valence-electron chi connectivity index (χ0n) is 12.0. The van der Waals surface area contributed by atoms with E-state index in [1.54, 1.807) is 0 Å². The summed E-state index contributed by atoms with van der Waals surface area (Å²) in [4.78, 5) is 0. The molecule has 2 aromatic carbocycles. The first-order chi connectivity index (χ1) is 9.61. The standard InChI is InChI=1S/C18H20BrN/c1-12-6-7-17(8-13(12)2)20-18-10-15(11-18)14-4-3-5-16(19)9-14/h3-9,15,18,20H,10-11H2,1-2H3. The zero-order chi connectivity index (χ0) is 14.1. The quantitative estimate of drug-likeness (QED) is 0.792. The van der Waals surface area contributed by atoms with Crippen molar-refractivity contribution in [2.75, 3.05) is 5.32 Å². The lowest BCUT2D eigenvalue weighted by Gasteiger charge is -2.37. The first-order valence-electron chi connectivity index (χ1n) is 7.21. The van der Waals surface area contributed by atoms with Crippen molar-refractivity contribution in [1.82, 2.24) is 0 Å². The fourth-order valence-corrected chi connectivity index (χ4v) is 3.25. The van der Waals surface area contributed by atoms with Crippen LogP contribution in [-0.4, -0.2) is 6.04 Å². The second kappa shape index (κ2) is 5.61. The molecule has 0 amide bonds. The fraction of sp³-hybridized carbons (Fsp3) is 0.333. The highest BCUT2D eigenvalue weighted by Crippen LogP contribution is 2.39. The maximum Gasteiger partial charge on any atom is 0.0345 e. The van der Waals surface area contributed by atoms with Crippen molar-refractivity contribution in [3.05, 3.63) is 63.6 Å². The number of rotatable bonds is 3. The molecule has 0 aromatic heterocycles. The summed E-state index contributed by atoms with van der Waals surface area (Å²) < 4.78 is 1.18. The summed E-state index contributed by atoms with van der Waals surface area (Å²) in [5.74, 6) is 0.705. The molecule has 0 bridgehead atoms. The van der Waals surface area contributed by atoms with Gasteiger partial charge >= 0.3 is 0 Å². The summed E-state index contributed by atoms with van der Waals surface area (Å²) in [6.45, 7) is 4.33. The van der Waals surface area contributed by atoms with Gasteiger partial charge in [-0.25, -0.2) is 0 Å². The minimum Gasteiger partial charge on any atom is -0.382 e. The summed E-state index contributed by atoms with van der Waals surface area (Å²) in [6, 6.07) is 16.0. The van der Waals surface area contributed by atoms with Crippen LogP contribution < -0.4 is 5.32 Å². The zero-order valence-corrected chi connectivity index (χ0v) is 13.6. The van der Waals surface area contributed by atoms with Crippen LogP contribution in [0, 0.1) is 13.8 Å². The van der Waals surface area contributed by atoms with Gasteiger partial charge in [0.1, 0.15) is 0 Å². The second-order valence-electron chi connectivity index (χ2n) is 5.86. The van der Waals surface area contributed by atoms with Gasteiger partial charge < -0.3 is 5.32 Å². The van der Waals surface area contributed by atoms with Crippen LogP contribution in [0.5, 0.6) is 0 Å². The van der Waals surface area contributed by atoms with Gasteiger partial charge in [0.05, 0.1) is 0 Å². The molecule has 0 radical (unpaired) electrons. The van der Waals surface area contributed by atoms with E-state index in [9.17, 15) is 0 Å². The van der Waals surface area contributed by atoms with Crippen molar-refractivity contribution in [2.45, 2.75) is 38.6 Å². The van der Waals surface area contributed by atoms with E-state index >= 15 is 0 Å². The number of halogens is 1. The summed E-state index contributed by atoms with van der Waals surface area (Å²) in [6.07, 6.45) is 2.45. The van der Waals surface area contributed by atoms with Gasteiger partial charge in [0.25, 0.3) is 0 Å². The van der Waals surface area contributed by atoms with Crippen molar-refractivity contribution in [3.63, 3.8) is 0 Å². The number of hydrogen-bond donors (Lipinski definition) is 1. The third-order valence-corrected chi connectivity index (χ3v) is 4.83. The van der Waals surface area contributed by atoms with Crippen LogP contribution in [0.15, 0.2) is 46.9 Å². The molecule has 1 fully saturated rings. The Kier molecular flexibility index (Phi) is 3.84. The molecule has 3 rings (SSSR count). The lowest BCUT2D eigenvalue weighted by molar-refractivity contribution is 0.374. The Balaban J connectivity index is 1.59. The molecular weight excluding hydrogens is 310 g/mol. The molecule has 1 nitrogen and oxygen atoms in total. The van der Waals surface area contributed by atoms with Crippen molar-refractivity contribution < 1.29 is 0 Å². The van der Waals surface area contributed by atoms with E-state index in [-0.39, 0.29) is 0 Å². The highest BCUT2D eigenvalue weighted by Gasteiger charge is 2.30. The first-order valence-corrected chi connectivity index (χ1v) is 8.00. The largest absolute Gasteiger partial charge is 0.382 e. The average molecular weight is 330 g/mol. The molecule has 0 aliphatic heterocycles. The minimum atomic E-state index is 0.612. The third kappa shape index (κ3) is 2.90. The van der Waals surface area contributed by atoms with E-state index in [4.69, 9.17) is 0 Å². The van der Waals surface area contributed by atoms with Gasteiger partial charge in [0.15, 0.2) is 0 Å². The highest BCUT2D eigenvalue weighted by molar-refractivity contribution is 9.10. The summed E-state index contributed by atoms with van der Waals surface area (Å²) >= 11 is 3.55. The van der Waals surface area contributed by atoms with Gasteiger partial charge in [-0.2, -0.15) is 0 Å². The SMILES string of the molecule is Cc1ccc(NC2CC(c3cccc(Br)c3)C2)cc1C. The van der Waals surface area contributed by atoms with Gasteiger partial charge in [-0.3, -0.25) is 0 Å². The molecular formula is C18H20BrN. The number of hydrogen-bond acceptors (Lipinski definition) is 1. The Bertz CT molecular complexity index is 615. The van der Waals surface area contributed by atoms with Gasteiger partial charge in [0, 0.05) is 16.2 Å². The molecule has 0 atom stereocenters. The number of anilines is 1. The van der Waals surface area contributed by atoms with Crippen LogP contribution in [0.1, 0.15) is 35.4 Å². The molecule has 20 heavy (non-hydrogen) atoms. The lowest BCUT2D eigenvalue weighted by atomic mass is 9.76. The van der Waals surface area contributed by atoms with Crippen molar-refractivity contribution in [2.24, 2.45) is 0 Å². The molecule has 0 unspecified atom stereocenters. The molecule has 1 aliphatic carbocycles. The molecule has 104 valence electrons. The Morgan fingerprint density at radius 3 is 2.50 bits per heavy atom. The molecule has 2 heteroatoms. The van der Waals surface area contributed by atoms with Crippen LogP contribution in [0.3, 0.4) is 0 Å². The molecule has 0 heterocycles. The fourth-order valence-electron chi connectivity index (χ4n) is 2.84. The maximum absolute atomic E-state index is 3.65. The van der Waals surface area contributed by atoms with E-state index < -0.39 is 0 Å². The average Bonchev–Trinajstić information content (AvgIpc) is 2.37. The van der Waals surface area contributed by atoms with E-state index in [0.29, 0.717) is 12.0 Å². The third-order valence-electron chi connectivity index (χ3n) is 4.34. The molecule has 1 aliphatic rings. The molecule has 2 aromatic rings. The van der Waals surface area contributed by atoms with Crippen LogP contribution in [-0.2, 0) is 0 Å². The molecule has 0 spiro atoms. The Morgan fingerprint density at radius 2 is 1.80 bits per heavy atom. The summed E-state index contributed by atoms with van der Waals surface area (Å²) in [5, 5.41) is 3.65. The molecule has 1 N–H and O–H groups in total. The van der Waals surface area contributed by atoms with E-state index in [1.165, 1.54) is 39.7 Å². The van der Waals surface area contributed by atoms with Crippen LogP contribution >= 0.6 is 15.9 Å². The smallest absolute Gasteiger partial charge is 0.0345 e. The van der Waals surface area contributed by atoms with Gasteiger partial charge in [-0.1, -0.05) is 34.1 Å². The lowest BCUT2D eigenvalue weighted by Crippen LogP contribution is -2.34. The van der Waals surface area contributed by atoms with Gasteiger partial charge in [-0.15, -0.1) is 0 Å². The first kappa shape index (κ1) is 13.7. The molecule has 1 saturated carbocycles. The predicted octanol–water partition coefficient (Wildman–Crippen LogP) is 5.42. The van der Waals surface area contributed by atoms with Crippen molar-refractivity contribution >= 4 is 21.6 Å². The number of aryl methyl sites for hydroxylation is 2. The van der Waals surface area contributed by atoms with E-state index in [0.717, 1.165) is 0 Å². The minimum absolute atomic E-state index is 0.612. The van der Waals surface area contributed by atoms with E-state index in [2.05, 4.69) is 77.6 Å². The highest BCUT2D eigenvalue weighted by atomic mass is 79.9. The Morgan fingerprint density at radius 1 is 1.00 bits per heavy atom. The van der Waals surface area contributed by atoms with Crippen LogP contribution in [0.4, 0.5) is 5.69 Å². The monoisotopic (exact) mass is 329 g/mol. The van der Waals surface area contributed by atoms with E-state index in [1.807, 2.05) is 0 Å². The number of benzene rings is 2. The maximum atomic E-state index is 3.65. The van der Waals surface area contributed by atoms with Gasteiger partial charge in [-0.05, 0) is 73.6 Å². The van der Waals surface area contributed by atoms with Gasteiger partial charge in [0.2, 0.25) is 0 Å².